The number of piperidine rings is 1. The van der Waals surface area contributed by atoms with E-state index in [1.807, 2.05) is 6.20 Å². The third kappa shape index (κ3) is 3.05. The Kier molecular flexibility index (Phi) is 5.29. The second-order valence-electron chi connectivity index (χ2n) is 7.50. The van der Waals surface area contributed by atoms with Crippen LogP contribution in [-0.4, -0.2) is 29.9 Å². The first-order valence-electron chi connectivity index (χ1n) is 9.77. The van der Waals surface area contributed by atoms with E-state index in [1.54, 1.807) is 0 Å². The summed E-state index contributed by atoms with van der Waals surface area (Å²) in [4.78, 5) is 0. The van der Waals surface area contributed by atoms with Gasteiger partial charge in [-0.1, -0.05) is 18.2 Å². The number of nitrogens with one attached hydrogen (secondary N) is 3. The molecule has 4 heterocycles. The number of H-pyrrole nitrogens is 1. The first kappa shape index (κ1) is 18.9. The number of allylic oxidation sites excluding steroid dienone is 2. The summed E-state index contributed by atoms with van der Waals surface area (Å²) in [5.41, 5.74) is 5.18. The molecule has 2 aromatic rings. The molecule has 3 aliphatic heterocycles. The van der Waals surface area contributed by atoms with Crippen LogP contribution in [0.3, 0.4) is 0 Å². The number of aromatic nitrogens is 2. The monoisotopic (exact) mass is 397 g/mol. The second-order valence-corrected chi connectivity index (χ2v) is 7.50. The summed E-state index contributed by atoms with van der Waals surface area (Å²) in [5, 5.41) is 24.4. The van der Waals surface area contributed by atoms with Crippen LogP contribution in [0.5, 0.6) is 5.75 Å². The normalized spacial score (nSPS) is 21.5. The van der Waals surface area contributed by atoms with Crippen LogP contribution in [0.4, 0.5) is 5.82 Å². The van der Waals surface area contributed by atoms with Gasteiger partial charge >= 0.3 is 0 Å². The highest BCUT2D eigenvalue weighted by Gasteiger charge is 2.36. The fourth-order valence-electron chi connectivity index (χ4n) is 4.65. The molecule has 1 atom stereocenters. The number of rotatable bonds is 2. The molecule has 0 saturated carbocycles. The van der Waals surface area contributed by atoms with E-state index >= 15 is 0 Å². The maximum absolute atomic E-state index is 10.2. The predicted octanol–water partition coefficient (Wildman–Crippen LogP) is 3.49. The molecule has 0 amide bonds. The van der Waals surface area contributed by atoms with Gasteiger partial charge in [0.15, 0.2) is 5.82 Å². The highest BCUT2D eigenvalue weighted by Crippen LogP contribution is 2.47. The Hall–Kier alpha value is -2.49. The Morgan fingerprint density at radius 2 is 2.04 bits per heavy atom. The first-order chi connectivity index (χ1) is 13.4. The molecule has 7 heteroatoms. The number of hydrogen-bond donors (Lipinski definition) is 3. The zero-order valence-corrected chi connectivity index (χ0v) is 16.4. The van der Waals surface area contributed by atoms with E-state index in [9.17, 15) is 5.26 Å². The second kappa shape index (κ2) is 7.86. The van der Waals surface area contributed by atoms with Gasteiger partial charge in [0.1, 0.15) is 5.75 Å². The van der Waals surface area contributed by atoms with Gasteiger partial charge in [-0.05, 0) is 44.3 Å². The molecular formula is C21H24ClN5O. The van der Waals surface area contributed by atoms with E-state index in [2.05, 4.69) is 45.1 Å². The molecule has 1 aromatic carbocycles. The Labute approximate surface area is 170 Å². The molecular weight excluding hydrogens is 374 g/mol. The Balaban J connectivity index is 0.00000192. The Morgan fingerprint density at radius 1 is 1.18 bits per heavy atom. The summed E-state index contributed by atoms with van der Waals surface area (Å²) < 4.78 is 6.08. The van der Waals surface area contributed by atoms with Gasteiger partial charge in [0, 0.05) is 28.9 Å². The molecule has 3 N–H and O–H groups in total. The third-order valence-electron chi connectivity index (χ3n) is 5.96. The first-order valence-corrected chi connectivity index (χ1v) is 9.77. The number of ether oxygens (including phenoxy) is 1. The molecule has 28 heavy (non-hydrogen) atoms. The van der Waals surface area contributed by atoms with Crippen LogP contribution >= 0.6 is 12.4 Å². The van der Waals surface area contributed by atoms with Crippen molar-refractivity contribution in [3.63, 3.8) is 0 Å². The SMILES string of the molecule is Cl.N#CC1=C(C2CCNCC2)Nc2n[nH]cc2C1c1cccc2c1OCCC2. The van der Waals surface area contributed by atoms with Crippen molar-refractivity contribution in [2.75, 3.05) is 25.0 Å². The van der Waals surface area contributed by atoms with Gasteiger partial charge in [-0.2, -0.15) is 10.4 Å². The van der Waals surface area contributed by atoms with Crippen LogP contribution in [0.1, 0.15) is 41.9 Å². The highest BCUT2D eigenvalue weighted by molar-refractivity contribution is 5.85. The number of aryl methyl sites for hydroxylation is 1. The van der Waals surface area contributed by atoms with Crippen molar-refractivity contribution in [1.82, 2.24) is 15.5 Å². The molecule has 1 fully saturated rings. The predicted molar refractivity (Wildman–Crippen MR) is 110 cm³/mol. The van der Waals surface area contributed by atoms with E-state index in [0.29, 0.717) is 5.92 Å². The molecule has 6 nitrogen and oxygen atoms in total. The number of nitrogens with zero attached hydrogens (tertiary/aromatic N) is 2. The lowest BCUT2D eigenvalue weighted by Crippen LogP contribution is -2.32. The zero-order chi connectivity index (χ0) is 18.2. The van der Waals surface area contributed by atoms with E-state index < -0.39 is 0 Å². The Morgan fingerprint density at radius 3 is 2.86 bits per heavy atom. The zero-order valence-electron chi connectivity index (χ0n) is 15.6. The molecule has 0 spiro atoms. The lowest BCUT2D eigenvalue weighted by atomic mass is 9.78. The summed E-state index contributed by atoms with van der Waals surface area (Å²) in [6, 6.07) is 8.87. The van der Waals surface area contributed by atoms with Gasteiger partial charge in [-0.25, -0.2) is 0 Å². The van der Waals surface area contributed by atoms with E-state index in [4.69, 9.17) is 4.74 Å². The number of halogens is 1. The summed E-state index contributed by atoms with van der Waals surface area (Å²) in [6.07, 6.45) is 6.04. The molecule has 3 aliphatic rings. The van der Waals surface area contributed by atoms with E-state index in [1.165, 1.54) is 5.56 Å². The minimum atomic E-state index is -0.136. The van der Waals surface area contributed by atoms with Gasteiger partial charge in [-0.15, -0.1) is 12.4 Å². The number of fused-ring (bicyclic) bond motifs is 2. The maximum atomic E-state index is 10.2. The third-order valence-corrected chi connectivity index (χ3v) is 5.96. The van der Waals surface area contributed by atoms with Crippen molar-refractivity contribution in [3.05, 3.63) is 52.4 Å². The molecule has 0 aliphatic carbocycles. The lowest BCUT2D eigenvalue weighted by Gasteiger charge is -2.33. The fourth-order valence-corrected chi connectivity index (χ4v) is 4.65. The molecule has 146 valence electrons. The number of aromatic amines is 1. The van der Waals surface area contributed by atoms with Crippen LogP contribution in [0, 0.1) is 17.2 Å². The van der Waals surface area contributed by atoms with E-state index in [-0.39, 0.29) is 18.3 Å². The molecule has 0 bridgehead atoms. The molecule has 1 aromatic heterocycles. The maximum Gasteiger partial charge on any atom is 0.156 e. The fraction of sp³-hybridized carbons (Fsp3) is 0.429. The van der Waals surface area contributed by atoms with Crippen molar-refractivity contribution in [1.29, 1.82) is 5.26 Å². The number of para-hydroxylation sites is 1. The van der Waals surface area contributed by atoms with Crippen molar-refractivity contribution in [2.45, 2.75) is 31.6 Å². The number of benzene rings is 1. The molecule has 1 saturated heterocycles. The highest BCUT2D eigenvalue weighted by atomic mass is 35.5. The van der Waals surface area contributed by atoms with Gasteiger partial charge in [0.25, 0.3) is 0 Å². The number of hydrogen-bond acceptors (Lipinski definition) is 5. The quantitative estimate of drug-likeness (QED) is 0.722. The number of anilines is 1. The van der Waals surface area contributed by atoms with Crippen LogP contribution in [0.2, 0.25) is 0 Å². The topological polar surface area (TPSA) is 85.8 Å². The van der Waals surface area contributed by atoms with Crippen molar-refractivity contribution in [2.24, 2.45) is 5.92 Å². The van der Waals surface area contributed by atoms with Gasteiger partial charge in [0.05, 0.1) is 24.2 Å². The molecule has 5 rings (SSSR count). The van der Waals surface area contributed by atoms with Crippen molar-refractivity contribution in [3.8, 4) is 11.8 Å². The van der Waals surface area contributed by atoms with Crippen LogP contribution < -0.4 is 15.4 Å². The van der Waals surface area contributed by atoms with Crippen LogP contribution in [-0.2, 0) is 6.42 Å². The summed E-state index contributed by atoms with van der Waals surface area (Å²) in [7, 11) is 0. The average Bonchev–Trinajstić information content (AvgIpc) is 3.21. The summed E-state index contributed by atoms with van der Waals surface area (Å²) >= 11 is 0. The molecule has 0 radical (unpaired) electrons. The largest absolute Gasteiger partial charge is 0.493 e. The van der Waals surface area contributed by atoms with Crippen LogP contribution in [0.25, 0.3) is 0 Å². The van der Waals surface area contributed by atoms with Gasteiger partial charge in [-0.3, -0.25) is 5.10 Å². The summed E-state index contributed by atoms with van der Waals surface area (Å²) in [6.45, 7) is 2.70. The van der Waals surface area contributed by atoms with Gasteiger partial charge in [0.2, 0.25) is 0 Å². The smallest absolute Gasteiger partial charge is 0.156 e. The molecule has 1 unspecified atom stereocenters. The number of nitriles is 1. The van der Waals surface area contributed by atoms with E-state index in [0.717, 1.165) is 79.3 Å². The average molecular weight is 398 g/mol. The standard InChI is InChI=1S/C21H23N5O.ClH/c22-11-16-18(15-5-1-3-14-4-2-10-27-20(14)15)17-12-24-26-21(17)25-19(16)13-6-8-23-9-7-13;/h1,3,5,12-13,18,23H,2,4,6-10H2,(H2,24,25,26);1H. The summed E-state index contributed by atoms with van der Waals surface area (Å²) in [5.74, 6) is 2.01. The minimum absolute atomic E-state index is 0. The van der Waals surface area contributed by atoms with Gasteiger partial charge < -0.3 is 15.4 Å². The minimum Gasteiger partial charge on any atom is -0.493 e. The van der Waals surface area contributed by atoms with Crippen molar-refractivity contribution >= 4 is 18.2 Å². The van der Waals surface area contributed by atoms with Crippen LogP contribution in [0.15, 0.2) is 35.7 Å². The van der Waals surface area contributed by atoms with Crippen molar-refractivity contribution < 1.29 is 4.74 Å². The lowest BCUT2D eigenvalue weighted by molar-refractivity contribution is 0.285. The Bertz CT molecular complexity index is 939.